The van der Waals surface area contributed by atoms with Gasteiger partial charge in [-0.3, -0.25) is 0 Å². The van der Waals surface area contributed by atoms with Gasteiger partial charge in [-0.2, -0.15) is 0 Å². The molecule has 1 saturated carbocycles. The van der Waals surface area contributed by atoms with Crippen molar-refractivity contribution in [2.24, 2.45) is 5.92 Å². The van der Waals surface area contributed by atoms with Crippen molar-refractivity contribution in [3.05, 3.63) is 11.6 Å². The lowest BCUT2D eigenvalue weighted by atomic mass is 9.86. The molecule has 2 rings (SSSR count). The van der Waals surface area contributed by atoms with Crippen molar-refractivity contribution in [2.75, 3.05) is 6.54 Å². The summed E-state index contributed by atoms with van der Waals surface area (Å²) in [5.41, 5.74) is 1.73. The van der Waals surface area contributed by atoms with Crippen LogP contribution in [0, 0.1) is 5.92 Å². The number of hydrogen-bond donors (Lipinski definition) is 1. The summed E-state index contributed by atoms with van der Waals surface area (Å²) in [6, 6.07) is 0.714. The molecule has 0 bridgehead atoms. The Bertz CT molecular complexity index is 224. The molecule has 0 aliphatic heterocycles. The molecule has 0 aromatic carbocycles. The van der Waals surface area contributed by atoms with Crippen LogP contribution in [0.3, 0.4) is 0 Å². The summed E-state index contributed by atoms with van der Waals surface area (Å²) < 4.78 is 0. The summed E-state index contributed by atoms with van der Waals surface area (Å²) in [5.74, 6) is 0.923. The van der Waals surface area contributed by atoms with Crippen molar-refractivity contribution in [1.82, 2.24) is 5.32 Å². The van der Waals surface area contributed by atoms with Crippen molar-refractivity contribution < 1.29 is 0 Å². The van der Waals surface area contributed by atoms with Crippen LogP contribution in [0.5, 0.6) is 0 Å². The molecule has 0 heterocycles. The van der Waals surface area contributed by atoms with Gasteiger partial charge in [-0.15, -0.1) is 0 Å². The number of rotatable bonds is 4. The van der Waals surface area contributed by atoms with Gasteiger partial charge in [-0.1, -0.05) is 44.3 Å². The molecule has 0 saturated heterocycles. The first kappa shape index (κ1) is 12.2. The number of hydrogen-bond acceptors (Lipinski definition) is 1. The maximum absolute atomic E-state index is 3.75. The van der Waals surface area contributed by atoms with Crippen molar-refractivity contribution >= 4 is 0 Å². The molecule has 0 spiro atoms. The SMILES string of the molecule is CCNC(C1=CCCC1)C1CCCCCC1. The van der Waals surface area contributed by atoms with Crippen LogP contribution in [0.2, 0.25) is 0 Å². The highest BCUT2D eigenvalue weighted by Gasteiger charge is 2.25. The molecule has 1 heteroatoms. The summed E-state index contributed by atoms with van der Waals surface area (Å²) in [5, 5.41) is 3.75. The van der Waals surface area contributed by atoms with Crippen LogP contribution in [-0.2, 0) is 0 Å². The van der Waals surface area contributed by atoms with E-state index < -0.39 is 0 Å². The first-order valence-electron chi connectivity index (χ1n) is 7.34. The molecule has 1 nitrogen and oxygen atoms in total. The van der Waals surface area contributed by atoms with Gasteiger partial charge in [-0.25, -0.2) is 0 Å². The standard InChI is InChI=1S/C15H27N/c1-2-16-15(14-11-7-8-12-14)13-9-5-3-4-6-10-13/h11,13,15-16H,2-10,12H2,1H3. The molecule has 2 aliphatic rings. The first-order chi connectivity index (χ1) is 7.92. The van der Waals surface area contributed by atoms with Crippen molar-refractivity contribution in [1.29, 1.82) is 0 Å². The van der Waals surface area contributed by atoms with Gasteiger partial charge in [0.15, 0.2) is 0 Å². The largest absolute Gasteiger partial charge is 0.310 e. The monoisotopic (exact) mass is 221 g/mol. The predicted molar refractivity (Wildman–Crippen MR) is 70.6 cm³/mol. The Labute approximate surface area is 101 Å². The van der Waals surface area contributed by atoms with Crippen LogP contribution in [0.15, 0.2) is 11.6 Å². The van der Waals surface area contributed by atoms with E-state index in [0.717, 1.165) is 12.5 Å². The first-order valence-corrected chi connectivity index (χ1v) is 7.34. The van der Waals surface area contributed by atoms with Gasteiger partial charge >= 0.3 is 0 Å². The topological polar surface area (TPSA) is 12.0 Å². The van der Waals surface area contributed by atoms with Gasteiger partial charge in [0.2, 0.25) is 0 Å². The van der Waals surface area contributed by atoms with Crippen molar-refractivity contribution in [3.63, 3.8) is 0 Å². The maximum Gasteiger partial charge on any atom is 0.0307 e. The zero-order valence-electron chi connectivity index (χ0n) is 10.8. The fourth-order valence-corrected chi connectivity index (χ4v) is 3.44. The molecular weight excluding hydrogens is 194 g/mol. The van der Waals surface area contributed by atoms with Gasteiger partial charge in [-0.05, 0) is 44.6 Å². The molecule has 0 amide bonds. The third-order valence-electron chi connectivity index (χ3n) is 4.27. The highest BCUT2D eigenvalue weighted by molar-refractivity contribution is 5.16. The molecule has 1 fully saturated rings. The Balaban J connectivity index is 1.98. The average molecular weight is 221 g/mol. The molecule has 16 heavy (non-hydrogen) atoms. The van der Waals surface area contributed by atoms with Crippen LogP contribution in [0.4, 0.5) is 0 Å². The lowest BCUT2D eigenvalue weighted by Crippen LogP contribution is -2.37. The fraction of sp³-hybridized carbons (Fsp3) is 0.867. The van der Waals surface area contributed by atoms with E-state index >= 15 is 0 Å². The molecule has 0 aromatic heterocycles. The van der Waals surface area contributed by atoms with Crippen LogP contribution in [0.1, 0.15) is 64.7 Å². The Morgan fingerprint density at radius 2 is 1.94 bits per heavy atom. The molecule has 1 unspecified atom stereocenters. The maximum atomic E-state index is 3.75. The number of allylic oxidation sites excluding steroid dienone is 1. The van der Waals surface area contributed by atoms with Crippen LogP contribution >= 0.6 is 0 Å². The molecule has 92 valence electrons. The second-order valence-electron chi connectivity index (χ2n) is 5.46. The molecule has 1 N–H and O–H groups in total. The lowest BCUT2D eigenvalue weighted by molar-refractivity contribution is 0.353. The minimum Gasteiger partial charge on any atom is -0.310 e. The van der Waals surface area contributed by atoms with Crippen LogP contribution in [-0.4, -0.2) is 12.6 Å². The second kappa shape index (κ2) is 6.44. The Kier molecular flexibility index (Phi) is 4.90. The van der Waals surface area contributed by atoms with Crippen molar-refractivity contribution in [3.8, 4) is 0 Å². The van der Waals surface area contributed by atoms with E-state index in [4.69, 9.17) is 0 Å². The second-order valence-corrected chi connectivity index (χ2v) is 5.46. The summed E-state index contributed by atoms with van der Waals surface area (Å²) in [7, 11) is 0. The number of nitrogens with one attached hydrogen (secondary N) is 1. The molecule has 2 aliphatic carbocycles. The zero-order chi connectivity index (χ0) is 11.2. The number of likely N-dealkylation sites (N-methyl/N-ethyl adjacent to an activating group) is 1. The Morgan fingerprint density at radius 1 is 1.19 bits per heavy atom. The van der Waals surface area contributed by atoms with E-state index in [1.165, 1.54) is 57.8 Å². The molecule has 1 atom stereocenters. The van der Waals surface area contributed by atoms with Gasteiger partial charge < -0.3 is 5.32 Å². The summed E-state index contributed by atoms with van der Waals surface area (Å²) in [6.45, 7) is 3.37. The fourth-order valence-electron chi connectivity index (χ4n) is 3.44. The molecular formula is C15H27N. The van der Waals surface area contributed by atoms with Crippen LogP contribution in [0.25, 0.3) is 0 Å². The van der Waals surface area contributed by atoms with Gasteiger partial charge in [0.25, 0.3) is 0 Å². The van der Waals surface area contributed by atoms with Crippen LogP contribution < -0.4 is 5.32 Å². The van der Waals surface area contributed by atoms with E-state index in [-0.39, 0.29) is 0 Å². The average Bonchev–Trinajstić information content (AvgIpc) is 2.69. The summed E-state index contributed by atoms with van der Waals surface area (Å²) in [4.78, 5) is 0. The summed E-state index contributed by atoms with van der Waals surface area (Å²) >= 11 is 0. The lowest BCUT2D eigenvalue weighted by Gasteiger charge is -2.28. The summed E-state index contributed by atoms with van der Waals surface area (Å²) in [6.07, 6.45) is 15.3. The van der Waals surface area contributed by atoms with E-state index in [1.54, 1.807) is 5.57 Å². The van der Waals surface area contributed by atoms with E-state index in [0.29, 0.717) is 6.04 Å². The highest BCUT2D eigenvalue weighted by atomic mass is 14.9. The van der Waals surface area contributed by atoms with Gasteiger partial charge in [0.1, 0.15) is 0 Å². The van der Waals surface area contributed by atoms with E-state index in [9.17, 15) is 0 Å². The third kappa shape index (κ3) is 3.10. The van der Waals surface area contributed by atoms with Gasteiger partial charge in [0.05, 0.1) is 0 Å². The van der Waals surface area contributed by atoms with E-state index in [2.05, 4.69) is 18.3 Å². The quantitative estimate of drug-likeness (QED) is 0.558. The zero-order valence-corrected chi connectivity index (χ0v) is 10.8. The predicted octanol–water partition coefficient (Wildman–Crippen LogP) is 4.05. The Hall–Kier alpha value is -0.300. The molecule has 0 aromatic rings. The Morgan fingerprint density at radius 3 is 2.50 bits per heavy atom. The minimum atomic E-state index is 0.714. The third-order valence-corrected chi connectivity index (χ3v) is 4.27. The van der Waals surface area contributed by atoms with Crippen molar-refractivity contribution in [2.45, 2.75) is 70.8 Å². The normalized spacial score (nSPS) is 25.2. The van der Waals surface area contributed by atoms with E-state index in [1.807, 2.05) is 0 Å². The molecule has 0 radical (unpaired) electrons. The smallest absolute Gasteiger partial charge is 0.0307 e. The van der Waals surface area contributed by atoms with Gasteiger partial charge in [0, 0.05) is 6.04 Å². The highest BCUT2D eigenvalue weighted by Crippen LogP contribution is 2.32. The minimum absolute atomic E-state index is 0.714.